The summed E-state index contributed by atoms with van der Waals surface area (Å²) in [5, 5.41) is 0.597. The zero-order valence-corrected chi connectivity index (χ0v) is 11.9. The molecule has 0 heterocycles. The number of carbonyl (C=O) groups is 1. The van der Waals surface area contributed by atoms with E-state index in [1.165, 1.54) is 0 Å². The number of hydrogen-bond donors (Lipinski definition) is 0. The van der Waals surface area contributed by atoms with Gasteiger partial charge >= 0.3 is 5.97 Å². The van der Waals surface area contributed by atoms with Crippen LogP contribution in [0.1, 0.15) is 23.7 Å². The molecule has 20 heavy (non-hydrogen) atoms. The molecule has 0 aliphatic carbocycles. The maximum Gasteiger partial charge on any atom is 0.343 e. The van der Waals surface area contributed by atoms with Crippen LogP contribution in [0.5, 0.6) is 11.5 Å². The molecule has 0 fully saturated rings. The monoisotopic (exact) mass is 290 g/mol. The number of halogens is 1. The van der Waals surface area contributed by atoms with Crippen molar-refractivity contribution in [2.45, 2.75) is 13.3 Å². The minimum Gasteiger partial charge on any atom is -0.494 e. The molecule has 0 unspecified atom stereocenters. The fourth-order valence-corrected chi connectivity index (χ4v) is 1.73. The Bertz CT molecular complexity index is 579. The second-order valence-corrected chi connectivity index (χ2v) is 4.66. The molecule has 0 saturated carbocycles. The van der Waals surface area contributed by atoms with Crippen LogP contribution < -0.4 is 9.47 Å². The highest BCUT2D eigenvalue weighted by Crippen LogP contribution is 2.19. The molecule has 3 nitrogen and oxygen atoms in total. The standard InChI is InChI=1S/C16H15ClO3/c1-2-10-19-15-5-3-4-12(11-15)16(18)20-14-8-6-13(17)7-9-14/h3-9,11H,2,10H2,1H3. The van der Waals surface area contributed by atoms with E-state index in [1.54, 1.807) is 42.5 Å². The molecule has 0 aliphatic rings. The predicted molar refractivity (Wildman–Crippen MR) is 78.6 cm³/mol. The molecule has 0 aromatic heterocycles. The third-order valence-electron chi connectivity index (χ3n) is 2.57. The van der Waals surface area contributed by atoms with Crippen molar-refractivity contribution in [3.05, 3.63) is 59.1 Å². The average Bonchev–Trinajstić information content (AvgIpc) is 2.48. The molecule has 2 aromatic carbocycles. The van der Waals surface area contributed by atoms with Crippen molar-refractivity contribution in [2.24, 2.45) is 0 Å². The number of hydrogen-bond acceptors (Lipinski definition) is 3. The minimum absolute atomic E-state index is 0.422. The molecule has 2 rings (SSSR count). The molecule has 0 N–H and O–H groups in total. The lowest BCUT2D eigenvalue weighted by Gasteiger charge is -2.07. The third kappa shape index (κ3) is 4.00. The van der Waals surface area contributed by atoms with Crippen LogP contribution in [0, 0.1) is 0 Å². The molecular weight excluding hydrogens is 276 g/mol. The van der Waals surface area contributed by atoms with Crippen molar-refractivity contribution >= 4 is 17.6 Å². The molecule has 2 aromatic rings. The maximum atomic E-state index is 12.0. The van der Waals surface area contributed by atoms with Gasteiger partial charge in [0.1, 0.15) is 11.5 Å². The Kier molecular flexibility index (Phi) is 5.02. The van der Waals surface area contributed by atoms with E-state index >= 15 is 0 Å². The number of carbonyl (C=O) groups excluding carboxylic acids is 1. The van der Waals surface area contributed by atoms with Gasteiger partial charge < -0.3 is 9.47 Å². The Morgan fingerprint density at radius 2 is 1.85 bits per heavy atom. The van der Waals surface area contributed by atoms with Crippen molar-refractivity contribution in [1.29, 1.82) is 0 Å². The van der Waals surface area contributed by atoms with E-state index in [4.69, 9.17) is 21.1 Å². The second-order valence-electron chi connectivity index (χ2n) is 4.22. The predicted octanol–water partition coefficient (Wildman–Crippen LogP) is 4.35. The lowest BCUT2D eigenvalue weighted by atomic mass is 10.2. The summed E-state index contributed by atoms with van der Waals surface area (Å²) in [7, 11) is 0. The third-order valence-corrected chi connectivity index (χ3v) is 2.82. The quantitative estimate of drug-likeness (QED) is 0.607. The van der Waals surface area contributed by atoms with Gasteiger partial charge in [0.05, 0.1) is 12.2 Å². The molecule has 0 saturated heterocycles. The van der Waals surface area contributed by atoms with E-state index in [1.807, 2.05) is 13.0 Å². The van der Waals surface area contributed by atoms with E-state index in [0.717, 1.165) is 6.42 Å². The molecular formula is C16H15ClO3. The Morgan fingerprint density at radius 1 is 1.10 bits per heavy atom. The lowest BCUT2D eigenvalue weighted by molar-refractivity contribution is 0.0734. The average molecular weight is 291 g/mol. The normalized spacial score (nSPS) is 10.1. The summed E-state index contributed by atoms with van der Waals surface area (Å²) in [5.74, 6) is 0.700. The number of rotatable bonds is 5. The fourth-order valence-electron chi connectivity index (χ4n) is 1.60. The summed E-state index contributed by atoms with van der Waals surface area (Å²) in [6.45, 7) is 2.65. The highest BCUT2D eigenvalue weighted by molar-refractivity contribution is 6.30. The molecule has 0 spiro atoms. The smallest absolute Gasteiger partial charge is 0.343 e. The lowest BCUT2D eigenvalue weighted by Crippen LogP contribution is -2.08. The van der Waals surface area contributed by atoms with Gasteiger partial charge in [-0.1, -0.05) is 24.6 Å². The molecule has 0 radical (unpaired) electrons. The second kappa shape index (κ2) is 6.96. The van der Waals surface area contributed by atoms with Gasteiger partial charge in [-0.3, -0.25) is 0 Å². The summed E-state index contributed by atoms with van der Waals surface area (Å²) in [6, 6.07) is 13.6. The first-order chi connectivity index (χ1) is 9.69. The summed E-state index contributed by atoms with van der Waals surface area (Å²) in [4.78, 5) is 12.0. The first-order valence-electron chi connectivity index (χ1n) is 6.39. The van der Waals surface area contributed by atoms with E-state index in [2.05, 4.69) is 0 Å². The van der Waals surface area contributed by atoms with Crippen LogP contribution in [0.3, 0.4) is 0 Å². The van der Waals surface area contributed by atoms with Crippen LogP contribution in [0.15, 0.2) is 48.5 Å². The van der Waals surface area contributed by atoms with Crippen LogP contribution in [0.25, 0.3) is 0 Å². The van der Waals surface area contributed by atoms with Gasteiger partial charge in [0.25, 0.3) is 0 Å². The topological polar surface area (TPSA) is 35.5 Å². The first-order valence-corrected chi connectivity index (χ1v) is 6.77. The molecule has 0 aliphatic heterocycles. The SMILES string of the molecule is CCCOc1cccc(C(=O)Oc2ccc(Cl)cc2)c1. The highest BCUT2D eigenvalue weighted by atomic mass is 35.5. The van der Waals surface area contributed by atoms with Gasteiger partial charge in [-0.25, -0.2) is 4.79 Å². The molecule has 4 heteroatoms. The molecule has 0 atom stereocenters. The Hall–Kier alpha value is -2.00. The highest BCUT2D eigenvalue weighted by Gasteiger charge is 2.09. The number of ether oxygens (including phenoxy) is 2. The van der Waals surface area contributed by atoms with Gasteiger partial charge in [-0.2, -0.15) is 0 Å². The molecule has 0 amide bonds. The summed E-state index contributed by atoms with van der Waals surface area (Å²) in [5.41, 5.74) is 0.452. The summed E-state index contributed by atoms with van der Waals surface area (Å²) < 4.78 is 10.7. The van der Waals surface area contributed by atoms with Crippen molar-refractivity contribution < 1.29 is 14.3 Å². The van der Waals surface area contributed by atoms with Crippen LogP contribution in [-0.4, -0.2) is 12.6 Å². The van der Waals surface area contributed by atoms with E-state index in [9.17, 15) is 4.79 Å². The van der Waals surface area contributed by atoms with E-state index in [-0.39, 0.29) is 0 Å². The van der Waals surface area contributed by atoms with Crippen molar-refractivity contribution in [1.82, 2.24) is 0 Å². The van der Waals surface area contributed by atoms with E-state index < -0.39 is 5.97 Å². The Balaban J connectivity index is 2.06. The molecule has 0 bridgehead atoms. The first kappa shape index (κ1) is 14.4. The van der Waals surface area contributed by atoms with Crippen LogP contribution >= 0.6 is 11.6 Å². The largest absolute Gasteiger partial charge is 0.494 e. The van der Waals surface area contributed by atoms with Gasteiger partial charge in [0.15, 0.2) is 0 Å². The Morgan fingerprint density at radius 3 is 2.55 bits per heavy atom. The van der Waals surface area contributed by atoms with Gasteiger partial charge in [0, 0.05) is 5.02 Å². The summed E-state index contributed by atoms with van der Waals surface area (Å²) in [6.07, 6.45) is 0.916. The van der Waals surface area contributed by atoms with Gasteiger partial charge in [0.2, 0.25) is 0 Å². The van der Waals surface area contributed by atoms with Crippen molar-refractivity contribution in [2.75, 3.05) is 6.61 Å². The minimum atomic E-state index is -0.422. The van der Waals surface area contributed by atoms with Crippen LogP contribution in [0.2, 0.25) is 5.02 Å². The van der Waals surface area contributed by atoms with Gasteiger partial charge in [-0.05, 0) is 48.9 Å². The van der Waals surface area contributed by atoms with Crippen LogP contribution in [-0.2, 0) is 0 Å². The number of benzene rings is 2. The number of esters is 1. The maximum absolute atomic E-state index is 12.0. The van der Waals surface area contributed by atoms with E-state index in [0.29, 0.717) is 28.7 Å². The summed E-state index contributed by atoms with van der Waals surface area (Å²) >= 11 is 5.78. The Labute approximate surface area is 123 Å². The van der Waals surface area contributed by atoms with Gasteiger partial charge in [-0.15, -0.1) is 0 Å². The van der Waals surface area contributed by atoms with Crippen molar-refractivity contribution in [3.8, 4) is 11.5 Å². The van der Waals surface area contributed by atoms with Crippen LogP contribution in [0.4, 0.5) is 0 Å². The fraction of sp³-hybridized carbons (Fsp3) is 0.188. The zero-order valence-electron chi connectivity index (χ0n) is 11.1. The zero-order chi connectivity index (χ0) is 14.4. The van der Waals surface area contributed by atoms with Crippen molar-refractivity contribution in [3.63, 3.8) is 0 Å². The molecule has 104 valence electrons.